The van der Waals surface area contributed by atoms with Gasteiger partial charge in [0.25, 0.3) is 0 Å². The average Bonchev–Trinajstić information content (AvgIpc) is 2.59. The summed E-state index contributed by atoms with van der Waals surface area (Å²) in [5.74, 6) is -0.778. The number of hydrogen-bond acceptors (Lipinski definition) is 2. The van der Waals surface area contributed by atoms with E-state index >= 15 is 0 Å². The van der Waals surface area contributed by atoms with Crippen LogP contribution >= 0.6 is 0 Å². The second kappa shape index (κ2) is 8.32. The van der Waals surface area contributed by atoms with Gasteiger partial charge in [0.15, 0.2) is 0 Å². The molecule has 0 atom stereocenters. The molecule has 7 heteroatoms. The van der Waals surface area contributed by atoms with Crippen LogP contribution in [0.4, 0.5) is 13.2 Å². The molecule has 0 bridgehead atoms. The van der Waals surface area contributed by atoms with Gasteiger partial charge in [0.2, 0.25) is 11.8 Å². The monoisotopic (exact) mass is 350 g/mol. The SMILES string of the molecule is O=C(CNC(=O)Cc1ccc(C(F)(F)F)cc1)NCc1ccccc1. The van der Waals surface area contributed by atoms with E-state index in [9.17, 15) is 22.8 Å². The van der Waals surface area contributed by atoms with Gasteiger partial charge in [0.05, 0.1) is 18.5 Å². The van der Waals surface area contributed by atoms with Gasteiger partial charge in [-0.1, -0.05) is 42.5 Å². The molecule has 0 spiro atoms. The fourth-order valence-corrected chi connectivity index (χ4v) is 2.10. The predicted octanol–water partition coefficient (Wildman–Crippen LogP) is 2.68. The molecule has 0 unspecified atom stereocenters. The van der Waals surface area contributed by atoms with Crippen molar-refractivity contribution < 1.29 is 22.8 Å². The Morgan fingerprint density at radius 1 is 0.800 bits per heavy atom. The van der Waals surface area contributed by atoms with Gasteiger partial charge in [0, 0.05) is 6.54 Å². The Morgan fingerprint density at radius 2 is 1.44 bits per heavy atom. The molecule has 0 aliphatic carbocycles. The summed E-state index contributed by atoms with van der Waals surface area (Å²) in [6, 6.07) is 13.7. The first-order chi connectivity index (χ1) is 11.8. The predicted molar refractivity (Wildman–Crippen MR) is 86.4 cm³/mol. The Bertz CT molecular complexity index is 713. The first kappa shape index (κ1) is 18.5. The highest BCUT2D eigenvalue weighted by atomic mass is 19.4. The quantitative estimate of drug-likeness (QED) is 0.842. The Kier molecular flexibility index (Phi) is 6.16. The van der Waals surface area contributed by atoms with Crippen molar-refractivity contribution in [3.05, 3.63) is 71.3 Å². The van der Waals surface area contributed by atoms with Gasteiger partial charge in [0.1, 0.15) is 0 Å². The molecule has 2 N–H and O–H groups in total. The fraction of sp³-hybridized carbons (Fsp3) is 0.222. The maximum atomic E-state index is 12.5. The highest BCUT2D eigenvalue weighted by Crippen LogP contribution is 2.29. The molecule has 0 aromatic heterocycles. The van der Waals surface area contributed by atoms with Gasteiger partial charge in [-0.25, -0.2) is 0 Å². The maximum Gasteiger partial charge on any atom is 0.416 e. The lowest BCUT2D eigenvalue weighted by Gasteiger charge is -2.09. The van der Waals surface area contributed by atoms with Crippen LogP contribution in [0.1, 0.15) is 16.7 Å². The van der Waals surface area contributed by atoms with Crippen LogP contribution in [-0.2, 0) is 28.7 Å². The fourth-order valence-electron chi connectivity index (χ4n) is 2.10. The molecule has 0 radical (unpaired) electrons. The molecule has 0 fully saturated rings. The third-order valence-electron chi connectivity index (χ3n) is 3.42. The molecule has 0 aliphatic rings. The van der Waals surface area contributed by atoms with E-state index in [1.165, 1.54) is 12.1 Å². The van der Waals surface area contributed by atoms with Crippen LogP contribution in [-0.4, -0.2) is 18.4 Å². The molecule has 0 saturated carbocycles. The highest BCUT2D eigenvalue weighted by molar-refractivity contribution is 5.85. The highest BCUT2D eigenvalue weighted by Gasteiger charge is 2.29. The standard InChI is InChI=1S/C18H17F3N2O2/c19-18(20,21)15-8-6-13(7-9-15)10-16(24)23-12-17(25)22-11-14-4-2-1-3-5-14/h1-9H,10-12H2,(H,22,25)(H,23,24). The van der Waals surface area contributed by atoms with E-state index in [1.807, 2.05) is 30.3 Å². The van der Waals surface area contributed by atoms with Crippen molar-refractivity contribution in [3.63, 3.8) is 0 Å². The lowest BCUT2D eigenvalue weighted by atomic mass is 10.1. The van der Waals surface area contributed by atoms with E-state index in [0.29, 0.717) is 12.1 Å². The maximum absolute atomic E-state index is 12.5. The summed E-state index contributed by atoms with van der Waals surface area (Å²) in [5.41, 5.74) is 0.610. The zero-order chi connectivity index (χ0) is 18.3. The summed E-state index contributed by atoms with van der Waals surface area (Å²) in [6.45, 7) is 0.167. The molecule has 2 aromatic rings. The van der Waals surface area contributed by atoms with E-state index in [1.54, 1.807) is 0 Å². The van der Waals surface area contributed by atoms with Gasteiger partial charge < -0.3 is 10.6 Å². The molecule has 4 nitrogen and oxygen atoms in total. The van der Waals surface area contributed by atoms with Crippen LogP contribution in [0.5, 0.6) is 0 Å². The number of hydrogen-bond donors (Lipinski definition) is 2. The number of carbonyl (C=O) groups excluding carboxylic acids is 2. The average molecular weight is 350 g/mol. The van der Waals surface area contributed by atoms with Crippen LogP contribution in [0.25, 0.3) is 0 Å². The van der Waals surface area contributed by atoms with Gasteiger partial charge in [-0.15, -0.1) is 0 Å². The van der Waals surface area contributed by atoms with Crippen molar-refractivity contribution in [2.24, 2.45) is 0 Å². The van der Waals surface area contributed by atoms with Crippen molar-refractivity contribution in [1.29, 1.82) is 0 Å². The molecule has 0 aliphatic heterocycles. The number of alkyl halides is 3. The van der Waals surface area contributed by atoms with E-state index in [2.05, 4.69) is 10.6 Å². The minimum atomic E-state index is -4.41. The molecular formula is C18H17F3N2O2. The smallest absolute Gasteiger partial charge is 0.350 e. The molecule has 2 aromatic carbocycles. The van der Waals surface area contributed by atoms with Crippen LogP contribution in [0, 0.1) is 0 Å². The zero-order valence-electron chi connectivity index (χ0n) is 13.3. The first-order valence-corrected chi connectivity index (χ1v) is 7.58. The summed E-state index contributed by atoms with van der Waals surface area (Å²) in [6.07, 6.45) is -4.50. The molecule has 2 rings (SSSR count). The van der Waals surface area contributed by atoms with Gasteiger partial charge in [-0.05, 0) is 23.3 Å². The number of amides is 2. The molecular weight excluding hydrogens is 333 g/mol. The minimum Gasteiger partial charge on any atom is -0.350 e. The Morgan fingerprint density at radius 3 is 2.04 bits per heavy atom. The molecule has 132 valence electrons. The van der Waals surface area contributed by atoms with E-state index in [4.69, 9.17) is 0 Å². The Labute approximate surface area is 143 Å². The van der Waals surface area contributed by atoms with Gasteiger partial charge >= 0.3 is 6.18 Å². The summed E-state index contributed by atoms with van der Waals surface area (Å²) >= 11 is 0. The summed E-state index contributed by atoms with van der Waals surface area (Å²) in [5, 5.41) is 5.10. The van der Waals surface area contributed by atoms with Crippen LogP contribution in [0.2, 0.25) is 0 Å². The molecule has 2 amide bonds. The summed E-state index contributed by atoms with van der Waals surface area (Å²) in [7, 11) is 0. The van der Waals surface area contributed by atoms with Crippen molar-refractivity contribution in [2.45, 2.75) is 19.1 Å². The second-order valence-electron chi connectivity index (χ2n) is 5.41. The van der Waals surface area contributed by atoms with Gasteiger partial charge in [-0.2, -0.15) is 13.2 Å². The van der Waals surface area contributed by atoms with Crippen LogP contribution in [0.3, 0.4) is 0 Å². The third kappa shape index (κ3) is 6.29. The van der Waals surface area contributed by atoms with E-state index in [-0.39, 0.29) is 18.9 Å². The molecule has 25 heavy (non-hydrogen) atoms. The first-order valence-electron chi connectivity index (χ1n) is 7.58. The Balaban J connectivity index is 1.74. The van der Waals surface area contributed by atoms with Crippen molar-refractivity contribution in [3.8, 4) is 0 Å². The second-order valence-corrected chi connectivity index (χ2v) is 5.41. The summed E-state index contributed by atoms with van der Waals surface area (Å²) in [4.78, 5) is 23.4. The number of carbonyl (C=O) groups is 2. The van der Waals surface area contributed by atoms with E-state index in [0.717, 1.165) is 17.7 Å². The Hall–Kier alpha value is -2.83. The minimum absolute atomic E-state index is 0.0932. The van der Waals surface area contributed by atoms with Gasteiger partial charge in [-0.3, -0.25) is 9.59 Å². The number of rotatable bonds is 6. The molecule has 0 heterocycles. The summed E-state index contributed by atoms with van der Waals surface area (Å²) < 4.78 is 37.4. The molecule has 0 saturated heterocycles. The number of benzene rings is 2. The topological polar surface area (TPSA) is 58.2 Å². The van der Waals surface area contributed by atoms with E-state index < -0.39 is 17.6 Å². The van der Waals surface area contributed by atoms with Crippen LogP contribution < -0.4 is 10.6 Å². The number of halogens is 3. The lowest BCUT2D eigenvalue weighted by Crippen LogP contribution is -2.37. The van der Waals surface area contributed by atoms with Crippen molar-refractivity contribution in [2.75, 3.05) is 6.54 Å². The third-order valence-corrected chi connectivity index (χ3v) is 3.42. The zero-order valence-corrected chi connectivity index (χ0v) is 13.3. The largest absolute Gasteiger partial charge is 0.416 e. The van der Waals surface area contributed by atoms with Crippen molar-refractivity contribution in [1.82, 2.24) is 10.6 Å². The van der Waals surface area contributed by atoms with Crippen molar-refractivity contribution >= 4 is 11.8 Å². The number of nitrogens with one attached hydrogen (secondary N) is 2. The lowest BCUT2D eigenvalue weighted by molar-refractivity contribution is -0.137. The normalized spacial score (nSPS) is 11.0. The van der Waals surface area contributed by atoms with Crippen LogP contribution in [0.15, 0.2) is 54.6 Å².